The number of ether oxygens (including phenoxy) is 2. The molecule has 2 N–H and O–H groups in total. The first-order chi connectivity index (χ1) is 15.3. The van der Waals surface area contributed by atoms with Crippen LogP contribution in [0.4, 0.5) is 0 Å². The van der Waals surface area contributed by atoms with Crippen LogP contribution >= 0.6 is 0 Å². The lowest BCUT2D eigenvalue weighted by molar-refractivity contribution is -0.198. The van der Waals surface area contributed by atoms with Gasteiger partial charge in [0.25, 0.3) is 0 Å². The van der Waals surface area contributed by atoms with Crippen LogP contribution in [0.3, 0.4) is 0 Å². The van der Waals surface area contributed by atoms with Gasteiger partial charge in [-0.3, -0.25) is 0 Å². The minimum Gasteiger partial charge on any atom is -0.489 e. The molecule has 0 aliphatic carbocycles. The quantitative estimate of drug-likeness (QED) is 0.773. The zero-order chi connectivity index (χ0) is 22.5. The SMILES string of the molecule is CN1O[C@]2(C[C@H]([C@H]3CCOC(C)(C)C3)Oc3ccc(-c4cccc(C#N)c4)cc32)N=C1N. The van der Waals surface area contributed by atoms with Gasteiger partial charge >= 0.3 is 0 Å². The van der Waals surface area contributed by atoms with Crippen LogP contribution in [0.15, 0.2) is 47.5 Å². The van der Waals surface area contributed by atoms with E-state index in [1.165, 1.54) is 5.06 Å². The maximum Gasteiger partial charge on any atom is 0.221 e. The molecule has 7 nitrogen and oxygen atoms in total. The fourth-order valence-corrected chi connectivity index (χ4v) is 5.07. The highest BCUT2D eigenvalue weighted by Gasteiger charge is 2.51. The molecule has 3 aliphatic rings. The molecule has 1 saturated heterocycles. The van der Waals surface area contributed by atoms with E-state index in [0.717, 1.165) is 41.9 Å². The fourth-order valence-electron chi connectivity index (χ4n) is 5.07. The summed E-state index contributed by atoms with van der Waals surface area (Å²) in [5.74, 6) is 1.44. The van der Waals surface area contributed by atoms with Crippen LogP contribution in [-0.4, -0.2) is 36.4 Å². The molecule has 5 rings (SSSR count). The smallest absolute Gasteiger partial charge is 0.221 e. The topological polar surface area (TPSA) is 93.1 Å². The van der Waals surface area contributed by atoms with Crippen molar-refractivity contribution in [3.8, 4) is 22.9 Å². The second-order valence-corrected chi connectivity index (χ2v) is 9.47. The maximum atomic E-state index is 9.28. The van der Waals surface area contributed by atoms with Gasteiger partial charge < -0.3 is 15.2 Å². The number of nitriles is 1. The van der Waals surface area contributed by atoms with Crippen LogP contribution < -0.4 is 10.5 Å². The largest absolute Gasteiger partial charge is 0.489 e. The van der Waals surface area contributed by atoms with E-state index in [4.69, 9.17) is 25.0 Å². The van der Waals surface area contributed by atoms with Gasteiger partial charge in [-0.15, -0.1) is 0 Å². The van der Waals surface area contributed by atoms with Gasteiger partial charge in [-0.05, 0) is 62.1 Å². The van der Waals surface area contributed by atoms with Crippen molar-refractivity contribution in [3.05, 3.63) is 53.6 Å². The van der Waals surface area contributed by atoms with Gasteiger partial charge in [0.2, 0.25) is 11.7 Å². The number of fused-ring (bicyclic) bond motifs is 2. The molecular weight excluding hydrogens is 404 g/mol. The van der Waals surface area contributed by atoms with E-state index in [2.05, 4.69) is 19.9 Å². The van der Waals surface area contributed by atoms with Gasteiger partial charge in [0, 0.05) is 26.0 Å². The Morgan fingerprint density at radius 3 is 2.69 bits per heavy atom. The molecule has 3 heterocycles. The van der Waals surface area contributed by atoms with Crippen LogP contribution in [0.25, 0.3) is 11.1 Å². The van der Waals surface area contributed by atoms with Crippen LogP contribution in [0.2, 0.25) is 0 Å². The molecular formula is C25H28N4O3. The summed E-state index contributed by atoms with van der Waals surface area (Å²) in [7, 11) is 1.77. The predicted octanol–water partition coefficient (Wildman–Crippen LogP) is 3.93. The number of nitrogens with zero attached hydrogens (tertiary/aromatic N) is 3. The first kappa shape index (κ1) is 20.8. The first-order valence-electron chi connectivity index (χ1n) is 11.0. The minimum atomic E-state index is -0.928. The van der Waals surface area contributed by atoms with Crippen LogP contribution in [0.1, 0.15) is 44.2 Å². The standard InChI is InChI=1S/C25H28N4O3/c1-24(2)13-19(9-10-30-24)22-14-25(28-23(27)29(3)32-25)20-12-18(7-8-21(20)31-22)17-6-4-5-16(11-17)15-26/h4-8,11-12,19,22H,9-10,13-14H2,1-3H3,(H2,27,28)/t19-,22+,25-/m0/s1. The van der Waals surface area contributed by atoms with Gasteiger partial charge in [-0.25, -0.2) is 14.9 Å². The number of guanidine groups is 1. The van der Waals surface area contributed by atoms with Crippen molar-refractivity contribution >= 4 is 5.96 Å². The van der Waals surface area contributed by atoms with E-state index in [0.29, 0.717) is 23.9 Å². The Morgan fingerprint density at radius 1 is 1.16 bits per heavy atom. The summed E-state index contributed by atoms with van der Waals surface area (Å²) in [6.07, 6.45) is 2.37. The molecule has 7 heteroatoms. The number of nitrogens with two attached hydrogens (primary N) is 1. The molecule has 0 amide bonds. The van der Waals surface area contributed by atoms with Gasteiger partial charge in [0.1, 0.15) is 11.9 Å². The van der Waals surface area contributed by atoms with Crippen LogP contribution in [0.5, 0.6) is 5.75 Å². The van der Waals surface area contributed by atoms with Crippen molar-refractivity contribution < 1.29 is 14.3 Å². The summed E-state index contributed by atoms with van der Waals surface area (Å²) in [4.78, 5) is 11.1. The van der Waals surface area contributed by atoms with Crippen molar-refractivity contribution in [1.29, 1.82) is 5.26 Å². The Labute approximate surface area is 188 Å². The molecule has 3 atom stereocenters. The Hall–Kier alpha value is -3.08. The molecule has 1 spiro atoms. The number of aliphatic imine (C=N–C) groups is 1. The lowest BCUT2D eigenvalue weighted by atomic mass is 9.79. The van der Waals surface area contributed by atoms with Gasteiger partial charge in [0.15, 0.2) is 0 Å². The number of hydroxylamine groups is 2. The Bertz CT molecular complexity index is 1120. The predicted molar refractivity (Wildman–Crippen MR) is 121 cm³/mol. The van der Waals surface area contributed by atoms with Crippen molar-refractivity contribution in [2.45, 2.75) is 50.5 Å². The van der Waals surface area contributed by atoms with E-state index in [-0.39, 0.29) is 11.7 Å². The highest BCUT2D eigenvalue weighted by atomic mass is 16.7. The highest BCUT2D eigenvalue weighted by molar-refractivity contribution is 5.79. The molecule has 3 aliphatic heterocycles. The summed E-state index contributed by atoms with van der Waals surface area (Å²) in [5.41, 5.74) is 8.45. The average Bonchev–Trinajstić information content (AvgIpc) is 3.06. The summed E-state index contributed by atoms with van der Waals surface area (Å²) in [5, 5.41) is 10.8. The summed E-state index contributed by atoms with van der Waals surface area (Å²) in [6.45, 7) is 4.98. The molecule has 0 bridgehead atoms. The maximum absolute atomic E-state index is 9.28. The van der Waals surface area contributed by atoms with E-state index >= 15 is 0 Å². The summed E-state index contributed by atoms with van der Waals surface area (Å²) >= 11 is 0. The highest BCUT2D eigenvalue weighted by Crippen LogP contribution is 2.49. The monoisotopic (exact) mass is 432 g/mol. The second-order valence-electron chi connectivity index (χ2n) is 9.47. The number of hydrogen-bond donors (Lipinski definition) is 1. The van der Waals surface area contributed by atoms with Crippen molar-refractivity contribution in [3.63, 3.8) is 0 Å². The zero-order valence-corrected chi connectivity index (χ0v) is 18.7. The lowest BCUT2D eigenvalue weighted by Crippen LogP contribution is -2.46. The third-order valence-corrected chi connectivity index (χ3v) is 6.65. The summed E-state index contributed by atoms with van der Waals surface area (Å²) < 4.78 is 12.5. The molecule has 32 heavy (non-hydrogen) atoms. The van der Waals surface area contributed by atoms with Crippen molar-refractivity contribution in [2.75, 3.05) is 13.7 Å². The zero-order valence-electron chi connectivity index (χ0n) is 18.7. The third kappa shape index (κ3) is 3.60. The van der Waals surface area contributed by atoms with E-state index in [1.54, 1.807) is 13.1 Å². The normalized spacial score (nSPS) is 28.6. The molecule has 166 valence electrons. The molecule has 0 aromatic heterocycles. The van der Waals surface area contributed by atoms with Crippen LogP contribution in [0, 0.1) is 17.2 Å². The number of benzene rings is 2. The van der Waals surface area contributed by atoms with Gasteiger partial charge in [-0.1, -0.05) is 18.2 Å². The van der Waals surface area contributed by atoms with E-state index in [1.807, 2.05) is 36.4 Å². The van der Waals surface area contributed by atoms with Gasteiger partial charge in [0.05, 0.1) is 22.8 Å². The number of rotatable bonds is 2. The lowest BCUT2D eigenvalue weighted by Gasteiger charge is -2.44. The molecule has 2 aromatic rings. The molecule has 0 radical (unpaired) electrons. The Balaban J connectivity index is 1.56. The molecule has 1 fully saturated rings. The molecule has 0 unspecified atom stereocenters. The Kier molecular flexibility index (Phi) is 4.88. The Morgan fingerprint density at radius 2 is 1.97 bits per heavy atom. The van der Waals surface area contributed by atoms with Gasteiger partial charge in [-0.2, -0.15) is 5.26 Å². The van der Waals surface area contributed by atoms with E-state index in [9.17, 15) is 5.26 Å². The number of hydrogen-bond acceptors (Lipinski definition) is 7. The molecule has 0 saturated carbocycles. The average molecular weight is 433 g/mol. The van der Waals surface area contributed by atoms with Crippen molar-refractivity contribution in [1.82, 2.24) is 5.06 Å². The minimum absolute atomic E-state index is 0.0542. The fraction of sp³-hybridized carbons (Fsp3) is 0.440. The van der Waals surface area contributed by atoms with Crippen LogP contribution in [-0.2, 0) is 15.3 Å². The first-order valence-corrected chi connectivity index (χ1v) is 11.0. The van der Waals surface area contributed by atoms with Crippen molar-refractivity contribution in [2.24, 2.45) is 16.6 Å². The molecule has 2 aromatic carbocycles. The third-order valence-electron chi connectivity index (χ3n) is 6.65. The second kappa shape index (κ2) is 7.51. The van der Waals surface area contributed by atoms with E-state index < -0.39 is 5.72 Å². The summed E-state index contributed by atoms with van der Waals surface area (Å²) in [6, 6.07) is 15.8.